The molecule has 0 aliphatic carbocycles. The number of piperazine rings is 1. The molecule has 2 fully saturated rings. The molecule has 1 aromatic heterocycles. The number of hydrogen-bond acceptors (Lipinski definition) is 5. The number of aromatic nitrogens is 1. The van der Waals surface area contributed by atoms with E-state index in [0.29, 0.717) is 0 Å². The van der Waals surface area contributed by atoms with Gasteiger partial charge < -0.3 is 15.0 Å². The van der Waals surface area contributed by atoms with E-state index < -0.39 is 0 Å². The van der Waals surface area contributed by atoms with E-state index in [9.17, 15) is 4.79 Å². The molecule has 0 saturated carbocycles. The van der Waals surface area contributed by atoms with Gasteiger partial charge in [0, 0.05) is 32.8 Å². The summed E-state index contributed by atoms with van der Waals surface area (Å²) >= 11 is 1.55. The zero-order valence-electron chi connectivity index (χ0n) is 12.6. The number of rotatable bonds is 4. The van der Waals surface area contributed by atoms with Crippen molar-refractivity contribution in [3.05, 3.63) is 15.6 Å². The van der Waals surface area contributed by atoms with Gasteiger partial charge in [0.15, 0.2) is 0 Å². The highest BCUT2D eigenvalue weighted by Crippen LogP contribution is 2.34. The van der Waals surface area contributed by atoms with Crippen LogP contribution in [0.25, 0.3) is 0 Å². The topological polar surface area (TPSA) is 54.5 Å². The fraction of sp³-hybridized carbons (Fsp3) is 0.733. The lowest BCUT2D eigenvalue weighted by atomic mass is 10.2. The molecule has 2 saturated heterocycles. The van der Waals surface area contributed by atoms with Crippen molar-refractivity contribution < 1.29 is 9.53 Å². The molecular formula is C15H23N3O2S. The average Bonchev–Trinajstić information content (AvgIpc) is 3.17. The minimum atomic E-state index is 0.107. The summed E-state index contributed by atoms with van der Waals surface area (Å²) < 4.78 is 5.72. The summed E-state index contributed by atoms with van der Waals surface area (Å²) in [5, 5.41) is 4.28. The summed E-state index contributed by atoms with van der Waals surface area (Å²) in [6, 6.07) is 0. The van der Waals surface area contributed by atoms with Crippen LogP contribution < -0.4 is 5.32 Å². The molecule has 1 aromatic rings. The lowest BCUT2D eigenvalue weighted by molar-refractivity contribution is 0.0739. The molecule has 0 radical (unpaired) electrons. The summed E-state index contributed by atoms with van der Waals surface area (Å²) in [4.78, 5) is 20.3. The Morgan fingerprint density at radius 3 is 2.95 bits per heavy atom. The maximum Gasteiger partial charge on any atom is 0.265 e. The third-order valence-electron chi connectivity index (χ3n) is 4.00. The highest BCUT2D eigenvalue weighted by molar-refractivity contribution is 7.13. The predicted molar refractivity (Wildman–Crippen MR) is 82.8 cm³/mol. The SMILES string of the molecule is CCCc1nc(C2CCCO2)sc1C(=O)N1CCNCC1. The number of carbonyl (C=O) groups is 1. The van der Waals surface area contributed by atoms with Crippen LogP contribution in [0.15, 0.2) is 0 Å². The first kappa shape index (κ1) is 14.9. The fourth-order valence-electron chi connectivity index (χ4n) is 2.87. The molecule has 3 heterocycles. The van der Waals surface area contributed by atoms with Gasteiger partial charge in [-0.05, 0) is 19.3 Å². The standard InChI is InChI=1S/C15H23N3O2S/c1-2-4-11-13(15(19)18-8-6-16-7-9-18)21-14(17-11)12-5-3-10-20-12/h12,16H,2-10H2,1H3. The Bertz CT molecular complexity index is 491. The fourth-order valence-corrected chi connectivity index (χ4v) is 4.03. The van der Waals surface area contributed by atoms with Gasteiger partial charge in [0.25, 0.3) is 5.91 Å². The van der Waals surface area contributed by atoms with Crippen molar-refractivity contribution in [2.75, 3.05) is 32.8 Å². The van der Waals surface area contributed by atoms with Crippen LogP contribution in [-0.2, 0) is 11.2 Å². The quantitative estimate of drug-likeness (QED) is 0.924. The average molecular weight is 309 g/mol. The van der Waals surface area contributed by atoms with Crippen molar-refractivity contribution in [3.8, 4) is 0 Å². The summed E-state index contributed by atoms with van der Waals surface area (Å²) in [6.45, 7) is 6.28. The third-order valence-corrected chi connectivity index (χ3v) is 5.18. The van der Waals surface area contributed by atoms with Crippen molar-refractivity contribution in [2.24, 2.45) is 0 Å². The molecule has 1 atom stereocenters. The van der Waals surface area contributed by atoms with Crippen LogP contribution in [0.5, 0.6) is 0 Å². The Hall–Kier alpha value is -0.980. The number of hydrogen-bond donors (Lipinski definition) is 1. The number of nitrogens with zero attached hydrogens (tertiary/aromatic N) is 2. The van der Waals surface area contributed by atoms with Crippen LogP contribution in [0.3, 0.4) is 0 Å². The van der Waals surface area contributed by atoms with Crippen molar-refractivity contribution in [1.82, 2.24) is 15.2 Å². The van der Waals surface area contributed by atoms with Gasteiger partial charge in [-0.2, -0.15) is 0 Å². The van der Waals surface area contributed by atoms with Crippen molar-refractivity contribution in [3.63, 3.8) is 0 Å². The zero-order valence-corrected chi connectivity index (χ0v) is 13.4. The normalized spacial score (nSPS) is 22.7. The van der Waals surface area contributed by atoms with Crippen LogP contribution in [-0.4, -0.2) is 48.6 Å². The first-order valence-corrected chi connectivity index (χ1v) is 8.72. The molecular weight excluding hydrogens is 286 g/mol. The van der Waals surface area contributed by atoms with E-state index in [0.717, 1.165) is 74.0 Å². The first-order valence-electron chi connectivity index (χ1n) is 7.90. The molecule has 0 aromatic carbocycles. The minimum absolute atomic E-state index is 0.107. The maximum absolute atomic E-state index is 12.8. The van der Waals surface area contributed by atoms with Crippen LogP contribution >= 0.6 is 11.3 Å². The highest BCUT2D eigenvalue weighted by Gasteiger charge is 2.28. The van der Waals surface area contributed by atoms with Crippen molar-refractivity contribution >= 4 is 17.2 Å². The lowest BCUT2D eigenvalue weighted by Gasteiger charge is -2.27. The molecule has 2 aliphatic rings. The molecule has 6 heteroatoms. The first-order chi connectivity index (χ1) is 10.3. The Kier molecular flexibility index (Phi) is 4.87. The maximum atomic E-state index is 12.8. The van der Waals surface area contributed by atoms with Gasteiger partial charge >= 0.3 is 0 Å². The molecule has 21 heavy (non-hydrogen) atoms. The van der Waals surface area contributed by atoms with Crippen molar-refractivity contribution in [1.29, 1.82) is 0 Å². The summed E-state index contributed by atoms with van der Waals surface area (Å²) in [6.07, 6.45) is 4.11. The molecule has 1 unspecified atom stereocenters. The van der Waals surface area contributed by atoms with Crippen LogP contribution in [0.4, 0.5) is 0 Å². The van der Waals surface area contributed by atoms with E-state index >= 15 is 0 Å². The summed E-state index contributed by atoms with van der Waals surface area (Å²) in [7, 11) is 0. The number of carbonyl (C=O) groups excluding carboxylic acids is 1. The van der Waals surface area contributed by atoms with E-state index in [1.54, 1.807) is 11.3 Å². The van der Waals surface area contributed by atoms with Gasteiger partial charge in [0.2, 0.25) is 0 Å². The van der Waals surface area contributed by atoms with Crippen LogP contribution in [0, 0.1) is 0 Å². The van der Waals surface area contributed by atoms with E-state index in [1.807, 2.05) is 4.90 Å². The number of aryl methyl sites for hydroxylation is 1. The smallest absolute Gasteiger partial charge is 0.265 e. The molecule has 0 bridgehead atoms. The van der Waals surface area contributed by atoms with Crippen molar-refractivity contribution in [2.45, 2.75) is 38.7 Å². The summed E-state index contributed by atoms with van der Waals surface area (Å²) in [5.74, 6) is 0.154. The zero-order chi connectivity index (χ0) is 14.7. The van der Waals surface area contributed by atoms with E-state index in [-0.39, 0.29) is 12.0 Å². The number of thiazole rings is 1. The van der Waals surface area contributed by atoms with Gasteiger partial charge in [-0.25, -0.2) is 4.98 Å². The molecule has 1 N–H and O–H groups in total. The number of nitrogens with one attached hydrogen (secondary N) is 1. The second-order valence-corrected chi connectivity index (χ2v) is 6.65. The highest BCUT2D eigenvalue weighted by atomic mass is 32.1. The second kappa shape index (κ2) is 6.85. The molecule has 1 amide bonds. The van der Waals surface area contributed by atoms with Crippen LogP contribution in [0.2, 0.25) is 0 Å². The van der Waals surface area contributed by atoms with Gasteiger partial charge in [-0.1, -0.05) is 13.3 Å². The van der Waals surface area contributed by atoms with Gasteiger partial charge in [0.1, 0.15) is 16.0 Å². The van der Waals surface area contributed by atoms with Crippen LogP contribution in [0.1, 0.15) is 52.7 Å². The summed E-state index contributed by atoms with van der Waals surface area (Å²) in [5.41, 5.74) is 0.969. The van der Waals surface area contributed by atoms with Gasteiger partial charge in [-0.3, -0.25) is 4.79 Å². The van der Waals surface area contributed by atoms with E-state index in [4.69, 9.17) is 9.72 Å². The second-order valence-electron chi connectivity index (χ2n) is 5.62. The molecule has 116 valence electrons. The number of ether oxygens (including phenoxy) is 1. The van der Waals surface area contributed by atoms with E-state index in [2.05, 4.69) is 12.2 Å². The Morgan fingerprint density at radius 1 is 1.48 bits per heavy atom. The lowest BCUT2D eigenvalue weighted by Crippen LogP contribution is -2.46. The molecule has 0 spiro atoms. The minimum Gasteiger partial charge on any atom is -0.371 e. The Morgan fingerprint density at radius 2 is 2.29 bits per heavy atom. The number of amides is 1. The van der Waals surface area contributed by atoms with Gasteiger partial charge in [-0.15, -0.1) is 11.3 Å². The predicted octanol–water partition coefficient (Wildman–Crippen LogP) is 1.99. The van der Waals surface area contributed by atoms with Gasteiger partial charge in [0.05, 0.1) is 5.69 Å². The van der Waals surface area contributed by atoms with E-state index in [1.165, 1.54) is 0 Å². The Balaban J connectivity index is 1.82. The molecule has 3 rings (SSSR count). The third kappa shape index (κ3) is 3.27. The molecule has 5 nitrogen and oxygen atoms in total. The Labute approximate surface area is 129 Å². The largest absolute Gasteiger partial charge is 0.371 e. The molecule has 2 aliphatic heterocycles. The monoisotopic (exact) mass is 309 g/mol.